The Balaban J connectivity index is 2.65. The third-order valence-corrected chi connectivity index (χ3v) is 3.17. The largest absolute Gasteiger partial charge is 0.481 e. The molecule has 0 aliphatic rings. The predicted molar refractivity (Wildman–Crippen MR) is 66.4 cm³/mol. The van der Waals surface area contributed by atoms with Gasteiger partial charge in [0.2, 0.25) is 0 Å². The summed E-state index contributed by atoms with van der Waals surface area (Å²) in [5.41, 5.74) is 1.30. The van der Waals surface area contributed by atoms with Gasteiger partial charge in [-0.25, -0.2) is 0 Å². The number of rotatable bonds is 3. The standard InChI is InChI=1S/C13H13ClO3/c1-7(2)11(13(15)16)8-3-4-10(14)12-9(8)5-6-17-12/h3-7,11H,1-2H3,(H,15,16). The van der Waals surface area contributed by atoms with E-state index in [4.69, 9.17) is 16.0 Å². The molecule has 2 rings (SSSR count). The summed E-state index contributed by atoms with van der Waals surface area (Å²) in [6.07, 6.45) is 1.53. The second-order valence-electron chi connectivity index (χ2n) is 4.36. The Kier molecular flexibility index (Phi) is 3.11. The molecule has 0 spiro atoms. The van der Waals surface area contributed by atoms with E-state index in [1.165, 1.54) is 6.26 Å². The molecule has 3 nitrogen and oxygen atoms in total. The maximum Gasteiger partial charge on any atom is 0.311 e. The highest BCUT2D eigenvalue weighted by Gasteiger charge is 2.26. The number of aliphatic carboxylic acids is 1. The van der Waals surface area contributed by atoms with E-state index in [0.717, 1.165) is 10.9 Å². The van der Waals surface area contributed by atoms with Gasteiger partial charge in [-0.3, -0.25) is 4.79 Å². The first-order valence-corrected chi connectivity index (χ1v) is 5.78. The van der Waals surface area contributed by atoms with Gasteiger partial charge >= 0.3 is 5.97 Å². The van der Waals surface area contributed by atoms with Crippen molar-refractivity contribution in [2.45, 2.75) is 19.8 Å². The fourth-order valence-electron chi connectivity index (χ4n) is 2.10. The lowest BCUT2D eigenvalue weighted by Crippen LogP contribution is -2.17. The van der Waals surface area contributed by atoms with Gasteiger partial charge in [0.15, 0.2) is 5.58 Å². The van der Waals surface area contributed by atoms with Crippen molar-refractivity contribution < 1.29 is 14.3 Å². The van der Waals surface area contributed by atoms with Crippen LogP contribution in [-0.4, -0.2) is 11.1 Å². The Bertz CT molecular complexity index is 557. The molecule has 1 aromatic heterocycles. The van der Waals surface area contributed by atoms with Gasteiger partial charge in [0, 0.05) is 5.39 Å². The minimum Gasteiger partial charge on any atom is -0.481 e. The molecule has 0 saturated heterocycles. The maximum atomic E-state index is 11.3. The second kappa shape index (κ2) is 4.41. The fourth-order valence-corrected chi connectivity index (χ4v) is 2.31. The lowest BCUT2D eigenvalue weighted by Gasteiger charge is -2.17. The van der Waals surface area contributed by atoms with Crippen molar-refractivity contribution >= 4 is 28.5 Å². The highest BCUT2D eigenvalue weighted by atomic mass is 35.5. The van der Waals surface area contributed by atoms with Crippen LogP contribution in [0.4, 0.5) is 0 Å². The number of hydrogen-bond acceptors (Lipinski definition) is 2. The zero-order valence-corrected chi connectivity index (χ0v) is 10.4. The second-order valence-corrected chi connectivity index (χ2v) is 4.77. The Labute approximate surface area is 104 Å². The molecule has 0 aliphatic carbocycles. The molecule has 1 aromatic carbocycles. The van der Waals surface area contributed by atoms with Crippen molar-refractivity contribution in [3.8, 4) is 0 Å². The van der Waals surface area contributed by atoms with E-state index in [1.54, 1.807) is 18.2 Å². The number of fused-ring (bicyclic) bond motifs is 1. The van der Waals surface area contributed by atoms with Crippen molar-refractivity contribution in [3.63, 3.8) is 0 Å². The molecule has 0 saturated carbocycles. The summed E-state index contributed by atoms with van der Waals surface area (Å²) >= 11 is 5.99. The van der Waals surface area contributed by atoms with E-state index in [-0.39, 0.29) is 5.92 Å². The van der Waals surface area contributed by atoms with Gasteiger partial charge in [-0.2, -0.15) is 0 Å². The number of furan rings is 1. The average molecular weight is 253 g/mol. The average Bonchev–Trinajstić information content (AvgIpc) is 2.70. The molecule has 1 heterocycles. The molecule has 90 valence electrons. The van der Waals surface area contributed by atoms with E-state index in [2.05, 4.69) is 0 Å². The van der Waals surface area contributed by atoms with Crippen LogP contribution in [0.15, 0.2) is 28.9 Å². The van der Waals surface area contributed by atoms with E-state index in [0.29, 0.717) is 10.6 Å². The van der Waals surface area contributed by atoms with E-state index >= 15 is 0 Å². The van der Waals surface area contributed by atoms with Crippen molar-refractivity contribution in [2.75, 3.05) is 0 Å². The van der Waals surface area contributed by atoms with Crippen LogP contribution < -0.4 is 0 Å². The number of benzene rings is 1. The van der Waals surface area contributed by atoms with Crippen molar-refractivity contribution in [3.05, 3.63) is 35.0 Å². The Morgan fingerprint density at radius 1 is 1.35 bits per heavy atom. The van der Waals surface area contributed by atoms with Crippen LogP contribution in [0.1, 0.15) is 25.3 Å². The zero-order valence-electron chi connectivity index (χ0n) is 9.61. The molecule has 0 radical (unpaired) electrons. The molecule has 2 aromatic rings. The third-order valence-electron chi connectivity index (χ3n) is 2.87. The Hall–Kier alpha value is -1.48. The van der Waals surface area contributed by atoms with Crippen molar-refractivity contribution in [1.29, 1.82) is 0 Å². The fraction of sp³-hybridized carbons (Fsp3) is 0.308. The molecule has 4 heteroatoms. The van der Waals surface area contributed by atoms with Gasteiger partial charge in [-0.05, 0) is 23.6 Å². The lowest BCUT2D eigenvalue weighted by molar-refractivity contribution is -0.139. The van der Waals surface area contributed by atoms with E-state index < -0.39 is 11.9 Å². The highest BCUT2D eigenvalue weighted by Crippen LogP contribution is 2.34. The summed E-state index contributed by atoms with van der Waals surface area (Å²) < 4.78 is 5.27. The minimum absolute atomic E-state index is 0.00627. The summed E-state index contributed by atoms with van der Waals surface area (Å²) in [6.45, 7) is 3.78. The van der Waals surface area contributed by atoms with Crippen LogP contribution in [0.25, 0.3) is 11.0 Å². The summed E-state index contributed by atoms with van der Waals surface area (Å²) in [4.78, 5) is 11.3. The molecule has 0 amide bonds. The summed E-state index contributed by atoms with van der Waals surface area (Å²) in [7, 11) is 0. The minimum atomic E-state index is -0.829. The zero-order chi connectivity index (χ0) is 12.6. The molecule has 0 aliphatic heterocycles. The molecule has 17 heavy (non-hydrogen) atoms. The van der Waals surface area contributed by atoms with Gasteiger partial charge in [0.05, 0.1) is 17.2 Å². The first-order chi connectivity index (χ1) is 8.02. The number of hydrogen-bond donors (Lipinski definition) is 1. The van der Waals surface area contributed by atoms with Crippen LogP contribution >= 0.6 is 11.6 Å². The summed E-state index contributed by atoms with van der Waals surface area (Å²) in [5.74, 6) is -1.37. The molecule has 0 bridgehead atoms. The Morgan fingerprint density at radius 2 is 2.06 bits per heavy atom. The van der Waals surface area contributed by atoms with Gasteiger partial charge in [0.1, 0.15) is 0 Å². The molecular weight excluding hydrogens is 240 g/mol. The van der Waals surface area contributed by atoms with Gasteiger partial charge in [-0.1, -0.05) is 31.5 Å². The molecular formula is C13H13ClO3. The quantitative estimate of drug-likeness (QED) is 0.901. The van der Waals surface area contributed by atoms with Crippen molar-refractivity contribution in [1.82, 2.24) is 0 Å². The topological polar surface area (TPSA) is 50.4 Å². The smallest absolute Gasteiger partial charge is 0.311 e. The normalized spacial score (nSPS) is 13.2. The monoisotopic (exact) mass is 252 g/mol. The number of carboxylic acid groups (broad SMARTS) is 1. The number of carbonyl (C=O) groups is 1. The molecule has 1 unspecified atom stereocenters. The summed E-state index contributed by atoms with van der Waals surface area (Å²) in [6, 6.07) is 5.20. The van der Waals surface area contributed by atoms with E-state index in [1.807, 2.05) is 13.8 Å². The van der Waals surface area contributed by atoms with Crippen LogP contribution in [0, 0.1) is 5.92 Å². The molecule has 1 atom stereocenters. The number of halogens is 1. The van der Waals surface area contributed by atoms with Gasteiger partial charge < -0.3 is 9.52 Å². The van der Waals surface area contributed by atoms with Crippen LogP contribution in [0.3, 0.4) is 0 Å². The number of carboxylic acids is 1. The third kappa shape index (κ3) is 2.03. The lowest BCUT2D eigenvalue weighted by atomic mass is 9.87. The first-order valence-electron chi connectivity index (χ1n) is 5.40. The van der Waals surface area contributed by atoms with Crippen LogP contribution in [-0.2, 0) is 4.79 Å². The Morgan fingerprint density at radius 3 is 2.65 bits per heavy atom. The predicted octanol–water partition coefficient (Wildman–Crippen LogP) is 3.91. The summed E-state index contributed by atoms with van der Waals surface area (Å²) in [5, 5.41) is 10.6. The SMILES string of the molecule is CC(C)C(C(=O)O)c1ccc(Cl)c2occc12. The first kappa shape index (κ1) is 12.0. The van der Waals surface area contributed by atoms with Crippen molar-refractivity contribution in [2.24, 2.45) is 5.92 Å². The highest BCUT2D eigenvalue weighted by molar-refractivity contribution is 6.35. The van der Waals surface area contributed by atoms with Crippen LogP contribution in [0.5, 0.6) is 0 Å². The van der Waals surface area contributed by atoms with Crippen LogP contribution in [0.2, 0.25) is 5.02 Å². The molecule has 1 N–H and O–H groups in total. The van der Waals surface area contributed by atoms with E-state index in [9.17, 15) is 9.90 Å². The molecule has 0 fully saturated rings. The van der Waals surface area contributed by atoms with Gasteiger partial charge in [-0.15, -0.1) is 0 Å². The maximum absolute atomic E-state index is 11.3. The van der Waals surface area contributed by atoms with Gasteiger partial charge in [0.25, 0.3) is 0 Å².